The zero-order valence-electron chi connectivity index (χ0n) is 36.3. The number of nitrogens with zero attached hydrogens (tertiary/aromatic N) is 6. The van der Waals surface area contributed by atoms with E-state index >= 15 is 0 Å². The molecule has 0 bridgehead atoms. The van der Waals surface area contributed by atoms with Gasteiger partial charge in [0.05, 0.1) is 35.3 Å². The van der Waals surface area contributed by atoms with Crippen molar-refractivity contribution in [2.24, 2.45) is 0 Å². The average Bonchev–Trinajstić information content (AvgIpc) is 3.82. The van der Waals surface area contributed by atoms with Gasteiger partial charge >= 0.3 is 0 Å². The largest absolute Gasteiger partial charge is 0.494 e. The standard InChI is InChI=1S/C51H68N6O2/c1-5-32-54(33-6-2)36-15-9-10-18-40-58-44-28-24-42(25-29-44)50-52-46-20-11-13-22-48(46)56(50)38-16-17-39-57-49-23-14-12-21-47(49)53-51(57)43-26-30-45(31-27-43)59-41-19-37-55(34-7-3)35-8-4/h11-14,16-17,20-31H,5-10,15,18-19,32-41H2,1-4H3/b17-16+. The van der Waals surface area contributed by atoms with Crippen molar-refractivity contribution in [1.82, 2.24) is 28.9 Å². The summed E-state index contributed by atoms with van der Waals surface area (Å²) in [7, 11) is 0. The van der Waals surface area contributed by atoms with Crippen LogP contribution in [-0.4, -0.2) is 81.4 Å². The second-order valence-corrected chi connectivity index (χ2v) is 15.7. The van der Waals surface area contributed by atoms with Crippen molar-refractivity contribution in [3.63, 3.8) is 0 Å². The summed E-state index contributed by atoms with van der Waals surface area (Å²) in [6.45, 7) is 19.0. The smallest absolute Gasteiger partial charge is 0.141 e. The Balaban J connectivity index is 1.06. The lowest BCUT2D eigenvalue weighted by Crippen LogP contribution is -2.27. The molecule has 0 aliphatic rings. The van der Waals surface area contributed by atoms with E-state index in [-0.39, 0.29) is 0 Å². The topological polar surface area (TPSA) is 60.6 Å². The molecule has 8 nitrogen and oxygen atoms in total. The first kappa shape index (κ1) is 43.7. The van der Waals surface area contributed by atoms with E-state index in [1.165, 1.54) is 64.6 Å². The molecule has 8 heteroatoms. The first-order valence-electron chi connectivity index (χ1n) is 22.6. The Kier molecular flexibility index (Phi) is 17.5. The molecular formula is C51H68N6O2. The highest BCUT2D eigenvalue weighted by Gasteiger charge is 2.14. The number of rotatable bonds is 27. The summed E-state index contributed by atoms with van der Waals surface area (Å²) in [6.07, 6.45) is 15.2. The summed E-state index contributed by atoms with van der Waals surface area (Å²) in [5, 5.41) is 0. The third kappa shape index (κ3) is 12.5. The van der Waals surface area contributed by atoms with Crippen LogP contribution in [0.2, 0.25) is 0 Å². The fraction of sp³-hybridized carbons (Fsp3) is 0.451. The van der Waals surface area contributed by atoms with Crippen molar-refractivity contribution in [3.8, 4) is 34.3 Å². The van der Waals surface area contributed by atoms with Gasteiger partial charge in [-0.05, 0) is 150 Å². The van der Waals surface area contributed by atoms with E-state index in [4.69, 9.17) is 19.4 Å². The van der Waals surface area contributed by atoms with Crippen molar-refractivity contribution < 1.29 is 9.47 Å². The quantitative estimate of drug-likeness (QED) is 0.0382. The van der Waals surface area contributed by atoms with Gasteiger partial charge in [-0.25, -0.2) is 9.97 Å². The lowest BCUT2D eigenvalue weighted by Gasteiger charge is -2.20. The number of hydrogen-bond acceptors (Lipinski definition) is 6. The molecule has 2 aromatic heterocycles. The molecule has 0 spiro atoms. The lowest BCUT2D eigenvalue weighted by atomic mass is 10.2. The van der Waals surface area contributed by atoms with Gasteiger partial charge in [0, 0.05) is 30.8 Å². The molecule has 2 heterocycles. The van der Waals surface area contributed by atoms with Crippen LogP contribution in [0.5, 0.6) is 11.5 Å². The van der Waals surface area contributed by atoms with Crippen LogP contribution in [0.25, 0.3) is 44.8 Å². The van der Waals surface area contributed by atoms with E-state index in [1.807, 2.05) is 0 Å². The van der Waals surface area contributed by atoms with Crippen LogP contribution in [0.15, 0.2) is 109 Å². The van der Waals surface area contributed by atoms with E-state index in [2.05, 4.69) is 156 Å². The summed E-state index contributed by atoms with van der Waals surface area (Å²) >= 11 is 0. The molecule has 0 saturated heterocycles. The van der Waals surface area contributed by atoms with E-state index < -0.39 is 0 Å². The van der Waals surface area contributed by atoms with Gasteiger partial charge in [0.15, 0.2) is 0 Å². The lowest BCUT2D eigenvalue weighted by molar-refractivity contribution is 0.234. The Hall–Kier alpha value is -4.92. The minimum atomic E-state index is 0.699. The molecule has 0 radical (unpaired) electrons. The monoisotopic (exact) mass is 797 g/mol. The maximum Gasteiger partial charge on any atom is 0.141 e. The summed E-state index contributed by atoms with van der Waals surface area (Å²) < 4.78 is 16.9. The summed E-state index contributed by atoms with van der Waals surface area (Å²) in [4.78, 5) is 15.3. The van der Waals surface area contributed by atoms with Crippen LogP contribution in [-0.2, 0) is 13.1 Å². The highest BCUT2D eigenvalue weighted by Crippen LogP contribution is 2.29. The number of para-hydroxylation sites is 4. The number of hydrogen-bond donors (Lipinski definition) is 0. The van der Waals surface area contributed by atoms with E-state index in [1.54, 1.807) is 0 Å². The molecule has 6 aromatic rings. The van der Waals surface area contributed by atoms with Gasteiger partial charge in [0.1, 0.15) is 23.1 Å². The Bertz CT molecular complexity index is 2120. The Morgan fingerprint density at radius 1 is 0.458 bits per heavy atom. The number of allylic oxidation sites excluding steroid dienone is 2. The second-order valence-electron chi connectivity index (χ2n) is 15.7. The van der Waals surface area contributed by atoms with Gasteiger partial charge < -0.3 is 28.4 Å². The van der Waals surface area contributed by atoms with E-state index in [9.17, 15) is 0 Å². The van der Waals surface area contributed by atoms with Gasteiger partial charge in [-0.1, -0.05) is 77.0 Å². The fourth-order valence-corrected chi connectivity index (χ4v) is 8.12. The molecule has 0 saturated carbocycles. The summed E-state index contributed by atoms with van der Waals surface area (Å²) in [5.41, 5.74) is 6.38. The number of benzene rings is 4. The van der Waals surface area contributed by atoms with Crippen molar-refractivity contribution in [2.75, 3.05) is 52.5 Å². The van der Waals surface area contributed by atoms with Crippen LogP contribution in [0.3, 0.4) is 0 Å². The normalized spacial score (nSPS) is 11.9. The number of fused-ring (bicyclic) bond motifs is 2. The van der Waals surface area contributed by atoms with Crippen LogP contribution in [0.1, 0.15) is 85.5 Å². The van der Waals surface area contributed by atoms with Gasteiger partial charge in [-0.15, -0.1) is 0 Å². The van der Waals surface area contributed by atoms with E-state index in [0.717, 1.165) is 102 Å². The molecule has 0 atom stereocenters. The molecule has 0 amide bonds. The van der Waals surface area contributed by atoms with Crippen LogP contribution in [0.4, 0.5) is 0 Å². The maximum absolute atomic E-state index is 6.16. The highest BCUT2D eigenvalue weighted by atomic mass is 16.5. The minimum Gasteiger partial charge on any atom is -0.494 e. The van der Waals surface area contributed by atoms with E-state index in [0.29, 0.717) is 13.1 Å². The molecule has 0 fully saturated rings. The average molecular weight is 797 g/mol. The van der Waals surface area contributed by atoms with Gasteiger partial charge in [-0.3, -0.25) is 0 Å². The van der Waals surface area contributed by atoms with Crippen molar-refractivity contribution in [1.29, 1.82) is 0 Å². The van der Waals surface area contributed by atoms with Crippen molar-refractivity contribution >= 4 is 22.1 Å². The first-order valence-corrected chi connectivity index (χ1v) is 22.6. The molecule has 0 N–H and O–H groups in total. The predicted molar refractivity (Wildman–Crippen MR) is 248 cm³/mol. The molecule has 0 aliphatic carbocycles. The Morgan fingerprint density at radius 3 is 1.32 bits per heavy atom. The van der Waals surface area contributed by atoms with Crippen LogP contribution in [0, 0.1) is 0 Å². The molecule has 4 aromatic carbocycles. The summed E-state index contributed by atoms with van der Waals surface area (Å²) in [6, 6.07) is 33.7. The Labute approximate surface area is 353 Å². The summed E-state index contributed by atoms with van der Waals surface area (Å²) in [5.74, 6) is 3.72. The first-order chi connectivity index (χ1) is 29.1. The Morgan fingerprint density at radius 2 is 0.864 bits per heavy atom. The zero-order chi connectivity index (χ0) is 41.1. The molecule has 59 heavy (non-hydrogen) atoms. The van der Waals surface area contributed by atoms with Crippen molar-refractivity contribution in [2.45, 2.75) is 98.6 Å². The van der Waals surface area contributed by atoms with Crippen LogP contribution >= 0.6 is 0 Å². The predicted octanol–water partition coefficient (Wildman–Crippen LogP) is 11.9. The highest BCUT2D eigenvalue weighted by molar-refractivity contribution is 5.82. The number of imidazole rings is 2. The molecule has 0 aliphatic heterocycles. The van der Waals surface area contributed by atoms with Gasteiger partial charge in [-0.2, -0.15) is 0 Å². The zero-order valence-corrected chi connectivity index (χ0v) is 36.3. The third-order valence-corrected chi connectivity index (χ3v) is 11.0. The molecular weight excluding hydrogens is 729 g/mol. The SMILES string of the molecule is CCCN(CCC)CCCCCCOc1ccc(-c2nc3ccccc3n2C/C=C/Cn2c(-c3ccc(OCCCN(CCC)CCC)cc3)nc3ccccc32)cc1. The maximum atomic E-state index is 6.16. The second kappa shape index (κ2) is 23.6. The third-order valence-electron chi connectivity index (χ3n) is 11.0. The van der Waals surface area contributed by atoms with Gasteiger partial charge in [0.2, 0.25) is 0 Å². The van der Waals surface area contributed by atoms with Crippen LogP contribution < -0.4 is 9.47 Å². The molecule has 314 valence electrons. The number of unbranched alkanes of at least 4 members (excludes halogenated alkanes) is 3. The number of aromatic nitrogens is 4. The minimum absolute atomic E-state index is 0.699. The number of ether oxygens (including phenoxy) is 2. The molecule has 0 unspecified atom stereocenters. The fourth-order valence-electron chi connectivity index (χ4n) is 8.12. The molecule has 6 rings (SSSR count). The van der Waals surface area contributed by atoms with Gasteiger partial charge in [0.25, 0.3) is 0 Å². The van der Waals surface area contributed by atoms with Crippen molar-refractivity contribution in [3.05, 3.63) is 109 Å².